The SMILES string of the molecule is CC(=O)O[C@H]1C(CNC(=O)Cc2cccc(F)c2)OC(OCCCCC(=O)ONS)C(C)[C@H]1C. The number of rotatable bonds is 12. The molecule has 0 aromatic heterocycles. The number of nitrogens with one attached hydrogen (secondary N) is 2. The molecule has 2 rings (SSSR count). The zero-order chi connectivity index (χ0) is 25.1. The third kappa shape index (κ3) is 9.21. The number of carbonyl (C=O) groups is 3. The van der Waals surface area contributed by atoms with Crippen molar-refractivity contribution in [1.29, 1.82) is 0 Å². The summed E-state index contributed by atoms with van der Waals surface area (Å²) in [5.74, 6) is -1.74. The Morgan fingerprint density at radius 1 is 1.18 bits per heavy atom. The molecule has 1 aliphatic rings. The molecular formula is C23H33FN2O7S. The third-order valence-corrected chi connectivity index (χ3v) is 5.82. The number of hydrogen-bond acceptors (Lipinski definition) is 9. The van der Waals surface area contributed by atoms with E-state index in [1.54, 1.807) is 12.1 Å². The van der Waals surface area contributed by atoms with Gasteiger partial charge in [0.05, 0.1) is 6.42 Å². The lowest BCUT2D eigenvalue weighted by molar-refractivity contribution is -0.265. The fourth-order valence-electron chi connectivity index (χ4n) is 3.77. The van der Waals surface area contributed by atoms with Gasteiger partial charge in [-0.05, 0) is 30.5 Å². The van der Waals surface area contributed by atoms with Crippen LogP contribution in [0.15, 0.2) is 24.3 Å². The highest BCUT2D eigenvalue weighted by atomic mass is 32.1. The summed E-state index contributed by atoms with van der Waals surface area (Å²) in [6, 6.07) is 5.84. The van der Waals surface area contributed by atoms with Crippen LogP contribution >= 0.6 is 12.8 Å². The van der Waals surface area contributed by atoms with Crippen LogP contribution in [0.2, 0.25) is 0 Å². The molecule has 1 fully saturated rings. The van der Waals surface area contributed by atoms with E-state index in [0.717, 1.165) is 0 Å². The largest absolute Gasteiger partial charge is 0.459 e. The first-order chi connectivity index (χ1) is 16.2. The highest BCUT2D eigenvalue weighted by Gasteiger charge is 2.44. The quantitative estimate of drug-likeness (QED) is 0.174. The van der Waals surface area contributed by atoms with E-state index in [4.69, 9.17) is 14.2 Å². The molecule has 0 aliphatic carbocycles. The lowest BCUT2D eigenvalue weighted by Crippen LogP contribution is -2.55. The Bertz CT molecular complexity index is 828. The summed E-state index contributed by atoms with van der Waals surface area (Å²) in [6.45, 7) is 5.68. The zero-order valence-electron chi connectivity index (χ0n) is 19.6. The van der Waals surface area contributed by atoms with Gasteiger partial charge in [-0.15, -0.1) is 0 Å². The molecule has 5 atom stereocenters. The number of hydrogen-bond donors (Lipinski definition) is 3. The lowest BCUT2D eigenvalue weighted by atomic mass is 9.84. The van der Waals surface area contributed by atoms with E-state index < -0.39 is 36.3 Å². The van der Waals surface area contributed by atoms with Gasteiger partial charge in [0.25, 0.3) is 0 Å². The van der Waals surface area contributed by atoms with E-state index >= 15 is 0 Å². The average Bonchev–Trinajstić information content (AvgIpc) is 2.77. The number of esters is 1. The second kappa shape index (κ2) is 14.2. The maximum atomic E-state index is 13.4. The van der Waals surface area contributed by atoms with Crippen LogP contribution in [0.4, 0.5) is 4.39 Å². The number of ether oxygens (including phenoxy) is 3. The summed E-state index contributed by atoms with van der Waals surface area (Å²) < 4.78 is 30.9. The van der Waals surface area contributed by atoms with E-state index in [1.807, 2.05) is 18.7 Å². The average molecular weight is 501 g/mol. The van der Waals surface area contributed by atoms with Crippen LogP contribution in [0.5, 0.6) is 0 Å². The van der Waals surface area contributed by atoms with Crippen LogP contribution in [-0.2, 0) is 39.9 Å². The molecule has 3 unspecified atom stereocenters. The monoisotopic (exact) mass is 500 g/mol. The fraction of sp³-hybridized carbons (Fsp3) is 0.609. The molecule has 190 valence electrons. The second-order valence-corrected chi connectivity index (χ2v) is 8.52. The molecule has 34 heavy (non-hydrogen) atoms. The van der Waals surface area contributed by atoms with E-state index in [2.05, 4.69) is 23.0 Å². The summed E-state index contributed by atoms with van der Waals surface area (Å²) in [5, 5.41) is 2.78. The van der Waals surface area contributed by atoms with E-state index in [0.29, 0.717) is 25.0 Å². The van der Waals surface area contributed by atoms with Crippen LogP contribution in [-0.4, -0.2) is 49.5 Å². The molecule has 1 saturated heterocycles. The van der Waals surface area contributed by atoms with Gasteiger partial charge in [-0.1, -0.05) is 43.7 Å². The van der Waals surface area contributed by atoms with Crippen molar-refractivity contribution in [3.63, 3.8) is 0 Å². The smallest absolute Gasteiger partial charge is 0.325 e. The van der Waals surface area contributed by atoms with Gasteiger partial charge >= 0.3 is 11.9 Å². The van der Waals surface area contributed by atoms with E-state index in [1.165, 1.54) is 19.1 Å². The molecule has 1 aromatic carbocycles. The van der Waals surface area contributed by atoms with Crippen molar-refractivity contribution < 1.29 is 37.8 Å². The number of thiol groups is 1. The van der Waals surface area contributed by atoms with Crippen molar-refractivity contribution in [2.45, 2.75) is 65.0 Å². The van der Waals surface area contributed by atoms with Crippen molar-refractivity contribution in [3.05, 3.63) is 35.6 Å². The predicted octanol–water partition coefficient (Wildman–Crippen LogP) is 2.49. The van der Waals surface area contributed by atoms with Crippen molar-refractivity contribution in [3.8, 4) is 0 Å². The molecule has 1 aliphatic heterocycles. The molecule has 0 spiro atoms. The summed E-state index contributed by atoms with van der Waals surface area (Å²) in [5.41, 5.74) is 0.552. The summed E-state index contributed by atoms with van der Waals surface area (Å²) >= 11 is 3.60. The van der Waals surface area contributed by atoms with Crippen molar-refractivity contribution in [2.24, 2.45) is 11.8 Å². The van der Waals surface area contributed by atoms with Gasteiger partial charge in [0.2, 0.25) is 5.91 Å². The summed E-state index contributed by atoms with van der Waals surface area (Å²) in [7, 11) is 0. The maximum absolute atomic E-state index is 13.4. The minimum atomic E-state index is -0.618. The van der Waals surface area contributed by atoms with Gasteiger partial charge in [-0.3, -0.25) is 14.4 Å². The standard InChI is InChI=1S/C23H33FN2O7S/c1-14-15(2)23(30-10-5-4-9-21(29)33-26-34)32-19(22(14)31-16(3)27)13-25-20(28)12-17-7-6-8-18(24)11-17/h6-8,11,14-15,19,22-23,26,34H,4-5,9-10,12-13H2,1-3H3,(H,25,28)/t14-,15?,19?,22-,23?/m1/s1. The Morgan fingerprint density at radius 3 is 2.62 bits per heavy atom. The Kier molecular flexibility index (Phi) is 11.7. The van der Waals surface area contributed by atoms with Crippen molar-refractivity contribution in [2.75, 3.05) is 13.2 Å². The molecule has 1 aromatic rings. The van der Waals surface area contributed by atoms with Gasteiger partial charge in [-0.2, -0.15) is 0 Å². The molecule has 9 nitrogen and oxygen atoms in total. The fourth-order valence-corrected chi connectivity index (χ4v) is 3.87. The highest BCUT2D eigenvalue weighted by molar-refractivity contribution is 7.77. The maximum Gasteiger partial charge on any atom is 0.325 e. The molecular weight excluding hydrogens is 467 g/mol. The molecule has 1 heterocycles. The number of amides is 1. The van der Waals surface area contributed by atoms with Gasteiger partial charge in [0.1, 0.15) is 18.0 Å². The Morgan fingerprint density at radius 2 is 1.94 bits per heavy atom. The van der Waals surface area contributed by atoms with Crippen LogP contribution < -0.4 is 10.2 Å². The van der Waals surface area contributed by atoms with E-state index in [9.17, 15) is 18.8 Å². The molecule has 0 radical (unpaired) electrons. The molecule has 11 heteroatoms. The Balaban J connectivity index is 1.91. The molecule has 2 N–H and O–H groups in total. The molecule has 1 amide bonds. The first-order valence-corrected chi connectivity index (χ1v) is 11.7. The summed E-state index contributed by atoms with van der Waals surface area (Å²) in [6.07, 6.45) is -0.329. The highest BCUT2D eigenvalue weighted by Crippen LogP contribution is 2.33. The van der Waals surface area contributed by atoms with Crippen molar-refractivity contribution in [1.82, 2.24) is 10.2 Å². The van der Waals surface area contributed by atoms with Crippen LogP contribution in [0.1, 0.15) is 45.6 Å². The first-order valence-electron chi connectivity index (χ1n) is 11.3. The van der Waals surface area contributed by atoms with Gasteiger partial charge in [-0.25, -0.2) is 4.39 Å². The van der Waals surface area contributed by atoms with E-state index in [-0.39, 0.29) is 37.1 Å². The number of halogens is 1. The Labute approximate surface area is 204 Å². The third-order valence-electron chi connectivity index (χ3n) is 5.73. The normalized spacial score (nSPS) is 24.3. The Hall–Kier alpha value is -2.21. The summed E-state index contributed by atoms with van der Waals surface area (Å²) in [4.78, 5) is 42.0. The van der Waals surface area contributed by atoms with Gasteiger partial charge in [0, 0.05) is 38.3 Å². The first kappa shape index (κ1) is 28.0. The minimum Gasteiger partial charge on any atom is -0.459 e. The molecule has 0 saturated carbocycles. The van der Waals surface area contributed by atoms with Gasteiger partial charge < -0.3 is 24.4 Å². The van der Waals surface area contributed by atoms with Crippen LogP contribution in [0.25, 0.3) is 0 Å². The van der Waals surface area contributed by atoms with Crippen LogP contribution in [0, 0.1) is 17.7 Å². The zero-order valence-corrected chi connectivity index (χ0v) is 20.5. The number of benzene rings is 1. The topological polar surface area (TPSA) is 112 Å². The predicted molar refractivity (Wildman–Crippen MR) is 124 cm³/mol. The number of carbonyl (C=O) groups excluding carboxylic acids is 3. The van der Waals surface area contributed by atoms with Crippen LogP contribution in [0.3, 0.4) is 0 Å². The minimum absolute atomic E-state index is 0.0137. The second-order valence-electron chi connectivity index (χ2n) is 8.34. The van der Waals surface area contributed by atoms with Crippen molar-refractivity contribution >= 4 is 30.7 Å². The lowest BCUT2D eigenvalue weighted by Gasteiger charge is -2.43. The number of unbranched alkanes of at least 4 members (excludes halogenated alkanes) is 1. The molecule has 0 bridgehead atoms. The van der Waals surface area contributed by atoms with Gasteiger partial charge in [0.15, 0.2) is 6.29 Å².